The summed E-state index contributed by atoms with van der Waals surface area (Å²) in [5.74, 6) is 0.392. The zero-order chi connectivity index (χ0) is 20.3. The molecule has 2 N–H and O–H groups in total. The Labute approximate surface area is 163 Å². The number of halogens is 1. The Morgan fingerprint density at radius 1 is 1.21 bits per heavy atom. The van der Waals surface area contributed by atoms with Crippen LogP contribution in [0, 0.1) is 19.7 Å². The minimum absolute atomic E-state index is 0.000891. The van der Waals surface area contributed by atoms with Gasteiger partial charge in [-0.1, -0.05) is 29.8 Å². The van der Waals surface area contributed by atoms with Crippen LogP contribution >= 0.6 is 0 Å². The molecule has 0 fully saturated rings. The molecule has 6 heteroatoms. The van der Waals surface area contributed by atoms with E-state index in [1.165, 1.54) is 24.3 Å². The number of hydrogen-bond acceptors (Lipinski definition) is 4. The van der Waals surface area contributed by atoms with E-state index in [4.69, 9.17) is 4.42 Å². The van der Waals surface area contributed by atoms with Gasteiger partial charge in [-0.15, -0.1) is 0 Å². The lowest BCUT2D eigenvalue weighted by Crippen LogP contribution is -2.39. The zero-order valence-electron chi connectivity index (χ0n) is 16.1. The highest BCUT2D eigenvalue weighted by atomic mass is 19.1. The normalized spacial score (nSPS) is 13.2. The van der Waals surface area contributed by atoms with Crippen molar-refractivity contribution in [1.29, 1.82) is 0 Å². The molecule has 0 aliphatic carbocycles. The Kier molecular flexibility index (Phi) is 5.61. The van der Waals surface area contributed by atoms with Crippen LogP contribution in [-0.2, 0) is 16.8 Å². The summed E-state index contributed by atoms with van der Waals surface area (Å²) in [4.78, 5) is 16.8. The summed E-state index contributed by atoms with van der Waals surface area (Å²) in [6, 6.07) is 13.3. The molecule has 1 heterocycles. The molecule has 146 valence electrons. The summed E-state index contributed by atoms with van der Waals surface area (Å²) >= 11 is 0. The Morgan fingerprint density at radius 3 is 2.61 bits per heavy atom. The topological polar surface area (TPSA) is 75.4 Å². The van der Waals surface area contributed by atoms with E-state index < -0.39 is 5.60 Å². The molecule has 0 aliphatic rings. The van der Waals surface area contributed by atoms with Gasteiger partial charge in [0.05, 0.1) is 18.7 Å². The molecule has 1 amide bonds. The number of oxazole rings is 1. The molecule has 5 nitrogen and oxygen atoms in total. The summed E-state index contributed by atoms with van der Waals surface area (Å²) in [5, 5.41) is 13.3. The lowest BCUT2D eigenvalue weighted by molar-refractivity contribution is -0.121. The number of carbonyl (C=O) groups is 1. The summed E-state index contributed by atoms with van der Waals surface area (Å²) in [5.41, 5.74) is 1.71. The van der Waals surface area contributed by atoms with E-state index in [2.05, 4.69) is 10.3 Å². The largest absolute Gasteiger partial charge is 0.441 e. The summed E-state index contributed by atoms with van der Waals surface area (Å²) in [7, 11) is 0. The van der Waals surface area contributed by atoms with Crippen LogP contribution in [0.5, 0.6) is 0 Å². The number of hydrogen-bond donors (Lipinski definition) is 2. The molecule has 1 atom stereocenters. The number of rotatable bonds is 6. The van der Waals surface area contributed by atoms with Crippen LogP contribution in [0.4, 0.5) is 4.39 Å². The molecule has 0 aliphatic heterocycles. The van der Waals surface area contributed by atoms with Gasteiger partial charge >= 0.3 is 0 Å². The van der Waals surface area contributed by atoms with E-state index in [-0.39, 0.29) is 24.7 Å². The van der Waals surface area contributed by atoms with Crippen LogP contribution in [0.15, 0.2) is 52.9 Å². The Hall–Kier alpha value is -2.99. The van der Waals surface area contributed by atoms with Crippen LogP contribution in [0.1, 0.15) is 29.5 Å². The average Bonchev–Trinajstić information content (AvgIpc) is 3.01. The van der Waals surface area contributed by atoms with Crippen molar-refractivity contribution in [2.75, 3.05) is 6.54 Å². The fourth-order valence-electron chi connectivity index (χ4n) is 2.89. The molecule has 1 aromatic heterocycles. The van der Waals surface area contributed by atoms with Crippen LogP contribution in [-0.4, -0.2) is 22.5 Å². The minimum Gasteiger partial charge on any atom is -0.441 e. The first kappa shape index (κ1) is 19.8. The molecule has 3 aromatic rings. The monoisotopic (exact) mass is 382 g/mol. The van der Waals surface area contributed by atoms with E-state index in [0.717, 1.165) is 11.1 Å². The second kappa shape index (κ2) is 7.94. The van der Waals surface area contributed by atoms with Crippen LogP contribution in [0.25, 0.3) is 11.5 Å². The highest BCUT2D eigenvalue weighted by molar-refractivity contribution is 5.78. The summed E-state index contributed by atoms with van der Waals surface area (Å²) < 4.78 is 18.8. The fourth-order valence-corrected chi connectivity index (χ4v) is 2.89. The van der Waals surface area contributed by atoms with Gasteiger partial charge in [0.1, 0.15) is 17.2 Å². The van der Waals surface area contributed by atoms with E-state index >= 15 is 0 Å². The Bertz CT molecular complexity index is 978. The lowest BCUT2D eigenvalue weighted by atomic mass is 9.96. The Balaban J connectivity index is 1.64. The molecule has 2 aromatic carbocycles. The second-order valence-electron chi connectivity index (χ2n) is 7.13. The number of aromatic nitrogens is 1. The maximum Gasteiger partial charge on any atom is 0.226 e. The predicted octanol–water partition coefficient (Wildman–Crippen LogP) is 3.66. The predicted molar refractivity (Wildman–Crippen MR) is 104 cm³/mol. The molecule has 0 spiro atoms. The minimum atomic E-state index is -1.31. The second-order valence-corrected chi connectivity index (χ2v) is 7.13. The molecular formula is C22H23FN2O3. The number of nitrogens with one attached hydrogen (secondary N) is 1. The third-order valence-electron chi connectivity index (χ3n) is 4.58. The third kappa shape index (κ3) is 4.64. The van der Waals surface area contributed by atoms with Crippen molar-refractivity contribution in [2.45, 2.75) is 32.8 Å². The first-order chi connectivity index (χ1) is 13.2. The maximum absolute atomic E-state index is 13.0. The van der Waals surface area contributed by atoms with Gasteiger partial charge in [0.15, 0.2) is 0 Å². The first-order valence-electron chi connectivity index (χ1n) is 9.03. The average molecular weight is 382 g/mol. The quantitative estimate of drug-likeness (QED) is 0.682. The van der Waals surface area contributed by atoms with Crippen molar-refractivity contribution in [1.82, 2.24) is 10.3 Å². The molecule has 0 radical (unpaired) electrons. The number of amides is 1. The van der Waals surface area contributed by atoms with Gasteiger partial charge in [0.2, 0.25) is 11.8 Å². The van der Waals surface area contributed by atoms with Crippen molar-refractivity contribution in [2.24, 2.45) is 0 Å². The number of aliphatic hydroxyl groups is 1. The van der Waals surface area contributed by atoms with Gasteiger partial charge in [-0.05, 0) is 50.6 Å². The summed E-state index contributed by atoms with van der Waals surface area (Å²) in [6.07, 6.45) is 0.0423. The highest BCUT2D eigenvalue weighted by Gasteiger charge is 2.24. The van der Waals surface area contributed by atoms with Gasteiger partial charge < -0.3 is 14.8 Å². The lowest BCUT2D eigenvalue weighted by Gasteiger charge is -2.24. The van der Waals surface area contributed by atoms with Crippen molar-refractivity contribution in [3.05, 3.63) is 76.9 Å². The number of benzene rings is 2. The molecule has 3 rings (SSSR count). The zero-order valence-corrected chi connectivity index (χ0v) is 16.1. The maximum atomic E-state index is 13.0. The number of aryl methyl sites for hydroxylation is 2. The van der Waals surface area contributed by atoms with Crippen LogP contribution in [0.2, 0.25) is 0 Å². The first-order valence-corrected chi connectivity index (χ1v) is 9.03. The molecule has 1 unspecified atom stereocenters. The van der Waals surface area contributed by atoms with Gasteiger partial charge in [0, 0.05) is 5.56 Å². The molecule has 28 heavy (non-hydrogen) atoms. The number of nitrogens with zero attached hydrogens (tertiary/aromatic N) is 1. The van der Waals surface area contributed by atoms with Crippen molar-refractivity contribution in [3.8, 4) is 11.5 Å². The summed E-state index contributed by atoms with van der Waals surface area (Å²) in [6.45, 7) is 5.32. The van der Waals surface area contributed by atoms with Crippen molar-refractivity contribution in [3.63, 3.8) is 0 Å². The fraction of sp³-hybridized carbons (Fsp3) is 0.273. The number of carbonyl (C=O) groups excluding carboxylic acids is 1. The molecule has 0 saturated carbocycles. The molecule has 0 bridgehead atoms. The molecular weight excluding hydrogens is 359 g/mol. The van der Waals surface area contributed by atoms with Gasteiger partial charge in [-0.2, -0.15) is 0 Å². The van der Waals surface area contributed by atoms with Gasteiger partial charge in [0.25, 0.3) is 0 Å². The Morgan fingerprint density at radius 2 is 1.93 bits per heavy atom. The van der Waals surface area contributed by atoms with Gasteiger partial charge in [-0.25, -0.2) is 9.37 Å². The molecule has 0 saturated heterocycles. The van der Waals surface area contributed by atoms with Crippen molar-refractivity contribution >= 4 is 5.91 Å². The SMILES string of the molecule is Cc1cccc(-c2nc(CC(=O)NCC(C)(O)c3ccc(F)cc3)c(C)o2)c1. The van der Waals surface area contributed by atoms with Crippen LogP contribution < -0.4 is 5.32 Å². The van der Waals surface area contributed by atoms with Crippen LogP contribution in [0.3, 0.4) is 0 Å². The van der Waals surface area contributed by atoms with E-state index in [1.807, 2.05) is 31.2 Å². The third-order valence-corrected chi connectivity index (χ3v) is 4.58. The standard InChI is InChI=1S/C22H23FN2O3/c1-14-5-4-6-16(11-14)21-25-19(15(2)28-21)12-20(26)24-13-22(3,27)17-7-9-18(23)10-8-17/h4-11,27H,12-13H2,1-3H3,(H,24,26). The van der Waals surface area contributed by atoms with E-state index in [1.54, 1.807) is 13.8 Å². The van der Waals surface area contributed by atoms with Gasteiger partial charge in [-0.3, -0.25) is 4.79 Å². The van der Waals surface area contributed by atoms with Crippen molar-refractivity contribution < 1.29 is 18.7 Å². The smallest absolute Gasteiger partial charge is 0.226 e. The van der Waals surface area contributed by atoms with E-state index in [0.29, 0.717) is 22.9 Å². The highest BCUT2D eigenvalue weighted by Crippen LogP contribution is 2.23. The van der Waals surface area contributed by atoms with E-state index in [9.17, 15) is 14.3 Å².